The van der Waals surface area contributed by atoms with Crippen LogP contribution in [0.4, 0.5) is 11.5 Å². The van der Waals surface area contributed by atoms with Crippen molar-refractivity contribution in [1.82, 2.24) is 19.6 Å². The highest BCUT2D eigenvalue weighted by Gasteiger charge is 2.24. The lowest BCUT2D eigenvalue weighted by Crippen LogP contribution is -2.26. The second-order valence-electron chi connectivity index (χ2n) is 9.70. The third kappa shape index (κ3) is 4.12. The van der Waals surface area contributed by atoms with Crippen LogP contribution in [-0.2, 0) is 13.1 Å². The average Bonchev–Trinajstić information content (AvgIpc) is 3.35. The van der Waals surface area contributed by atoms with Crippen LogP contribution in [-0.4, -0.2) is 19.6 Å². The van der Waals surface area contributed by atoms with Crippen LogP contribution < -0.4 is 15.8 Å². The molecule has 5 aromatic rings. The standard InChI is InChI=1S/C30H28N6O/c1-19-14-26(21(3)33-27-11-7-6-10-25(27)22-12-13-31-32-15-22)29-34-28(20(2)30(37)36(29)16-19)35-17-23-8-4-5-9-24(23)18-35/h4-16,21,33H,17-18H2,1-3H3/t21-/m0/s1. The summed E-state index contributed by atoms with van der Waals surface area (Å²) in [6.07, 6.45) is 5.34. The molecule has 0 radical (unpaired) electrons. The predicted molar refractivity (Wildman–Crippen MR) is 147 cm³/mol. The van der Waals surface area contributed by atoms with E-state index in [-0.39, 0.29) is 11.6 Å². The highest BCUT2D eigenvalue weighted by Crippen LogP contribution is 2.33. The third-order valence-corrected chi connectivity index (χ3v) is 7.09. The van der Waals surface area contributed by atoms with Crippen LogP contribution in [0.15, 0.2) is 84.0 Å². The van der Waals surface area contributed by atoms with Gasteiger partial charge < -0.3 is 10.2 Å². The number of aromatic nitrogens is 4. The summed E-state index contributed by atoms with van der Waals surface area (Å²) in [7, 11) is 0. The maximum absolute atomic E-state index is 13.6. The minimum absolute atomic E-state index is 0.0311. The molecule has 0 aliphatic carbocycles. The van der Waals surface area contributed by atoms with Crippen molar-refractivity contribution >= 4 is 17.2 Å². The summed E-state index contributed by atoms with van der Waals surface area (Å²) in [5.41, 5.74) is 8.86. The molecule has 0 amide bonds. The molecule has 37 heavy (non-hydrogen) atoms. The van der Waals surface area contributed by atoms with E-state index in [0.29, 0.717) is 11.2 Å². The van der Waals surface area contributed by atoms with Gasteiger partial charge in [-0.3, -0.25) is 9.20 Å². The Labute approximate surface area is 215 Å². The Balaban J connectivity index is 1.43. The smallest absolute Gasteiger partial charge is 0.262 e. The first kappa shape index (κ1) is 22.9. The molecular formula is C30H28N6O. The van der Waals surface area contributed by atoms with Gasteiger partial charge in [-0.1, -0.05) is 42.5 Å². The average molecular weight is 489 g/mol. The van der Waals surface area contributed by atoms with Crippen molar-refractivity contribution in [2.75, 3.05) is 10.2 Å². The van der Waals surface area contributed by atoms with Crippen LogP contribution in [0.5, 0.6) is 0 Å². The number of hydrogen-bond donors (Lipinski definition) is 1. The van der Waals surface area contributed by atoms with Crippen molar-refractivity contribution in [1.29, 1.82) is 0 Å². The van der Waals surface area contributed by atoms with Crippen molar-refractivity contribution in [3.8, 4) is 11.1 Å². The van der Waals surface area contributed by atoms with E-state index in [2.05, 4.69) is 69.8 Å². The van der Waals surface area contributed by atoms with Crippen molar-refractivity contribution in [2.45, 2.75) is 39.9 Å². The Morgan fingerprint density at radius 1 is 0.946 bits per heavy atom. The quantitative estimate of drug-likeness (QED) is 0.354. The van der Waals surface area contributed by atoms with E-state index in [1.165, 1.54) is 11.1 Å². The Bertz CT molecular complexity index is 1650. The molecule has 0 saturated carbocycles. The zero-order valence-electron chi connectivity index (χ0n) is 21.1. The first-order valence-corrected chi connectivity index (χ1v) is 12.5. The molecule has 1 N–H and O–H groups in total. The fourth-order valence-corrected chi connectivity index (χ4v) is 5.22. The molecule has 0 bridgehead atoms. The molecule has 1 aliphatic heterocycles. The number of anilines is 2. The van der Waals surface area contributed by atoms with E-state index in [4.69, 9.17) is 4.98 Å². The molecule has 0 saturated heterocycles. The summed E-state index contributed by atoms with van der Waals surface area (Å²) < 4.78 is 1.70. The first-order chi connectivity index (χ1) is 18.0. The lowest BCUT2D eigenvalue weighted by atomic mass is 10.0. The maximum atomic E-state index is 13.6. The van der Waals surface area contributed by atoms with Gasteiger partial charge >= 0.3 is 0 Å². The highest BCUT2D eigenvalue weighted by molar-refractivity contribution is 5.77. The molecule has 1 atom stereocenters. The van der Waals surface area contributed by atoms with Gasteiger partial charge in [0.2, 0.25) is 0 Å². The van der Waals surface area contributed by atoms with Crippen LogP contribution >= 0.6 is 0 Å². The largest absolute Gasteiger partial charge is 0.378 e. The van der Waals surface area contributed by atoms with Crippen molar-refractivity contribution in [2.24, 2.45) is 0 Å². The molecule has 3 aromatic heterocycles. The van der Waals surface area contributed by atoms with E-state index >= 15 is 0 Å². The van der Waals surface area contributed by atoms with Gasteiger partial charge in [0, 0.05) is 41.7 Å². The molecular weight excluding hydrogens is 460 g/mol. The Morgan fingerprint density at radius 3 is 2.41 bits per heavy atom. The molecule has 0 fully saturated rings. The lowest BCUT2D eigenvalue weighted by molar-refractivity contribution is 0.824. The van der Waals surface area contributed by atoms with Gasteiger partial charge in [-0.2, -0.15) is 10.2 Å². The number of nitrogens with zero attached hydrogens (tertiary/aromatic N) is 5. The van der Waals surface area contributed by atoms with E-state index in [1.807, 2.05) is 38.2 Å². The van der Waals surface area contributed by atoms with E-state index in [1.54, 1.807) is 16.8 Å². The van der Waals surface area contributed by atoms with Crippen molar-refractivity contribution < 1.29 is 0 Å². The lowest BCUT2D eigenvalue weighted by Gasteiger charge is -2.23. The molecule has 7 heteroatoms. The van der Waals surface area contributed by atoms with E-state index < -0.39 is 0 Å². The number of fused-ring (bicyclic) bond motifs is 2. The molecule has 6 rings (SSSR count). The Morgan fingerprint density at radius 2 is 1.68 bits per heavy atom. The van der Waals surface area contributed by atoms with Crippen LogP contribution in [0.2, 0.25) is 0 Å². The minimum Gasteiger partial charge on any atom is -0.378 e. The van der Waals surface area contributed by atoms with Gasteiger partial charge in [0.1, 0.15) is 11.5 Å². The van der Waals surface area contributed by atoms with Gasteiger partial charge in [-0.05, 0) is 55.7 Å². The Kier molecular flexibility index (Phi) is 5.68. The van der Waals surface area contributed by atoms with Crippen LogP contribution in [0, 0.1) is 13.8 Å². The zero-order chi connectivity index (χ0) is 25.5. The number of pyridine rings is 1. The monoisotopic (exact) mass is 488 g/mol. The number of rotatable bonds is 5. The van der Waals surface area contributed by atoms with Gasteiger partial charge in [-0.15, -0.1) is 0 Å². The molecule has 1 aliphatic rings. The molecule has 184 valence electrons. The number of hydrogen-bond acceptors (Lipinski definition) is 6. The van der Waals surface area contributed by atoms with E-state index in [9.17, 15) is 4.79 Å². The zero-order valence-corrected chi connectivity index (χ0v) is 21.1. The summed E-state index contributed by atoms with van der Waals surface area (Å²) in [6, 6.07) is 20.5. The summed E-state index contributed by atoms with van der Waals surface area (Å²) in [5, 5.41) is 11.6. The van der Waals surface area contributed by atoms with Crippen LogP contribution in [0.1, 0.15) is 40.8 Å². The van der Waals surface area contributed by atoms with E-state index in [0.717, 1.165) is 46.8 Å². The fraction of sp³-hybridized carbons (Fsp3) is 0.200. The second kappa shape index (κ2) is 9.17. The van der Waals surface area contributed by atoms with Crippen LogP contribution in [0.25, 0.3) is 16.8 Å². The minimum atomic E-state index is -0.107. The van der Waals surface area contributed by atoms with Crippen LogP contribution in [0.3, 0.4) is 0 Å². The maximum Gasteiger partial charge on any atom is 0.262 e. The second-order valence-corrected chi connectivity index (χ2v) is 9.70. The van der Waals surface area contributed by atoms with Gasteiger partial charge in [-0.25, -0.2) is 4.98 Å². The SMILES string of the molecule is Cc1cc([C@H](C)Nc2ccccc2-c2ccnnc2)c2nc(N3Cc4ccccc4C3)c(C)c(=O)n2c1. The topological polar surface area (TPSA) is 75.4 Å². The molecule has 7 nitrogen and oxygen atoms in total. The first-order valence-electron chi connectivity index (χ1n) is 12.5. The molecule has 4 heterocycles. The normalized spacial score (nSPS) is 13.5. The summed E-state index contributed by atoms with van der Waals surface area (Å²) in [4.78, 5) is 20.9. The highest BCUT2D eigenvalue weighted by atomic mass is 16.1. The number of nitrogens with one attached hydrogen (secondary N) is 1. The predicted octanol–water partition coefficient (Wildman–Crippen LogP) is 5.46. The summed E-state index contributed by atoms with van der Waals surface area (Å²) in [5.74, 6) is 0.752. The fourth-order valence-electron chi connectivity index (χ4n) is 5.22. The van der Waals surface area contributed by atoms with Gasteiger partial charge in [0.15, 0.2) is 0 Å². The summed E-state index contributed by atoms with van der Waals surface area (Å²) in [6.45, 7) is 7.50. The number of benzene rings is 2. The third-order valence-electron chi connectivity index (χ3n) is 7.09. The van der Waals surface area contributed by atoms with Gasteiger partial charge in [0.25, 0.3) is 5.56 Å². The van der Waals surface area contributed by atoms with Gasteiger partial charge in [0.05, 0.1) is 24.0 Å². The molecule has 0 unspecified atom stereocenters. The number of aryl methyl sites for hydroxylation is 1. The van der Waals surface area contributed by atoms with Crippen molar-refractivity contribution in [3.63, 3.8) is 0 Å². The number of para-hydroxylation sites is 1. The summed E-state index contributed by atoms with van der Waals surface area (Å²) >= 11 is 0. The van der Waals surface area contributed by atoms with Crippen molar-refractivity contribution in [3.05, 3.63) is 117 Å². The molecule has 0 spiro atoms. The molecule has 2 aromatic carbocycles. The Hall–Kier alpha value is -4.52.